The summed E-state index contributed by atoms with van der Waals surface area (Å²) in [4.78, 5) is 22.0. The molecule has 0 radical (unpaired) electrons. The minimum atomic E-state index is -0.189. The SMILES string of the molecule is Cn1c(=O)n2c3ccccc3nc2c2c(/N=C/c3ccccc3)[nH]nc21. The predicted octanol–water partition coefficient (Wildman–Crippen LogP) is 2.81. The molecule has 0 aliphatic carbocycles. The summed E-state index contributed by atoms with van der Waals surface area (Å²) >= 11 is 0. The van der Waals surface area contributed by atoms with Crippen LogP contribution < -0.4 is 5.69 Å². The molecule has 0 unspecified atom stereocenters. The van der Waals surface area contributed by atoms with Crippen LogP contribution in [0.15, 0.2) is 64.4 Å². The lowest BCUT2D eigenvalue weighted by Crippen LogP contribution is -2.24. The third kappa shape index (κ3) is 2.00. The predicted molar refractivity (Wildman–Crippen MR) is 101 cm³/mol. The third-order valence-corrected chi connectivity index (χ3v) is 4.45. The molecule has 7 nitrogen and oxygen atoms in total. The number of aromatic nitrogens is 5. The second-order valence-corrected chi connectivity index (χ2v) is 6.04. The summed E-state index contributed by atoms with van der Waals surface area (Å²) in [6.07, 6.45) is 1.76. The van der Waals surface area contributed by atoms with E-state index in [9.17, 15) is 4.79 Å². The van der Waals surface area contributed by atoms with Crippen LogP contribution in [0, 0.1) is 0 Å². The van der Waals surface area contributed by atoms with Crippen LogP contribution in [0.3, 0.4) is 0 Å². The Balaban J connectivity index is 1.85. The van der Waals surface area contributed by atoms with Crippen molar-refractivity contribution in [3.8, 4) is 0 Å². The molecule has 0 aliphatic rings. The Hall–Kier alpha value is -3.74. The fourth-order valence-electron chi connectivity index (χ4n) is 3.17. The van der Waals surface area contributed by atoms with Gasteiger partial charge in [-0.05, 0) is 17.7 Å². The highest BCUT2D eigenvalue weighted by Gasteiger charge is 2.18. The van der Waals surface area contributed by atoms with E-state index in [4.69, 9.17) is 0 Å². The molecule has 1 N–H and O–H groups in total. The molecule has 5 aromatic rings. The monoisotopic (exact) mass is 342 g/mol. The number of imidazole rings is 1. The summed E-state index contributed by atoms with van der Waals surface area (Å²) in [5, 5.41) is 7.93. The van der Waals surface area contributed by atoms with Crippen LogP contribution in [0.5, 0.6) is 0 Å². The lowest BCUT2D eigenvalue weighted by atomic mass is 10.2. The number of para-hydroxylation sites is 2. The molecule has 2 aromatic carbocycles. The summed E-state index contributed by atoms with van der Waals surface area (Å²) in [6.45, 7) is 0. The Morgan fingerprint density at radius 2 is 1.81 bits per heavy atom. The van der Waals surface area contributed by atoms with E-state index in [2.05, 4.69) is 20.2 Å². The second-order valence-electron chi connectivity index (χ2n) is 6.04. The summed E-state index contributed by atoms with van der Waals surface area (Å²) in [7, 11) is 1.70. The van der Waals surface area contributed by atoms with E-state index in [-0.39, 0.29) is 5.69 Å². The van der Waals surface area contributed by atoms with Crippen molar-refractivity contribution in [1.82, 2.24) is 24.1 Å². The van der Waals surface area contributed by atoms with Crippen LogP contribution in [0.1, 0.15) is 5.56 Å². The molecule has 0 spiro atoms. The summed E-state index contributed by atoms with van der Waals surface area (Å²) in [5.74, 6) is 0.569. The Kier molecular flexibility index (Phi) is 3.02. The molecule has 0 saturated heterocycles. The fourth-order valence-corrected chi connectivity index (χ4v) is 3.17. The largest absolute Gasteiger partial charge is 0.335 e. The van der Waals surface area contributed by atoms with Crippen molar-refractivity contribution >= 4 is 39.7 Å². The number of nitrogens with one attached hydrogen (secondary N) is 1. The average molecular weight is 342 g/mol. The lowest BCUT2D eigenvalue weighted by Gasteiger charge is -2.02. The third-order valence-electron chi connectivity index (χ3n) is 4.45. The minimum Gasteiger partial charge on any atom is -0.279 e. The van der Waals surface area contributed by atoms with E-state index in [1.807, 2.05) is 54.6 Å². The molecule has 3 aromatic heterocycles. The van der Waals surface area contributed by atoms with Gasteiger partial charge in [-0.25, -0.2) is 19.2 Å². The van der Waals surface area contributed by atoms with E-state index in [0.29, 0.717) is 17.1 Å². The molecular weight excluding hydrogens is 328 g/mol. The van der Waals surface area contributed by atoms with Gasteiger partial charge >= 0.3 is 5.69 Å². The maximum atomic E-state index is 12.8. The Morgan fingerprint density at radius 1 is 1.04 bits per heavy atom. The fraction of sp³-hybridized carbons (Fsp3) is 0.0526. The van der Waals surface area contributed by atoms with Gasteiger partial charge in [-0.3, -0.25) is 9.67 Å². The van der Waals surface area contributed by atoms with Crippen LogP contribution >= 0.6 is 0 Å². The number of hydrogen-bond donors (Lipinski definition) is 1. The summed E-state index contributed by atoms with van der Waals surface area (Å²) in [6, 6.07) is 17.4. The number of rotatable bonds is 2. The highest BCUT2D eigenvalue weighted by Crippen LogP contribution is 2.28. The zero-order valence-corrected chi connectivity index (χ0v) is 13.9. The number of nitrogens with zero attached hydrogens (tertiary/aromatic N) is 5. The molecule has 7 heteroatoms. The van der Waals surface area contributed by atoms with E-state index in [1.54, 1.807) is 17.7 Å². The zero-order chi connectivity index (χ0) is 17.7. The van der Waals surface area contributed by atoms with Gasteiger partial charge in [0, 0.05) is 13.3 Å². The second kappa shape index (κ2) is 5.38. The van der Waals surface area contributed by atoms with Gasteiger partial charge in [-0.2, -0.15) is 5.10 Å². The molecule has 0 fully saturated rings. The van der Waals surface area contributed by atoms with Crippen molar-refractivity contribution in [2.45, 2.75) is 0 Å². The van der Waals surface area contributed by atoms with Gasteiger partial charge in [0.05, 0.1) is 11.0 Å². The number of aliphatic imine (C=N–C) groups is 1. The van der Waals surface area contributed by atoms with Crippen molar-refractivity contribution in [1.29, 1.82) is 0 Å². The molecule has 3 heterocycles. The number of fused-ring (bicyclic) bond motifs is 5. The highest BCUT2D eigenvalue weighted by atomic mass is 16.1. The van der Waals surface area contributed by atoms with E-state index in [1.165, 1.54) is 4.57 Å². The summed E-state index contributed by atoms with van der Waals surface area (Å²) in [5.41, 5.74) is 3.40. The molecule has 0 bridgehead atoms. The molecule has 0 aliphatic heterocycles. The summed E-state index contributed by atoms with van der Waals surface area (Å²) < 4.78 is 3.11. The van der Waals surface area contributed by atoms with Gasteiger partial charge in [0.1, 0.15) is 5.39 Å². The first-order valence-electron chi connectivity index (χ1n) is 8.17. The van der Waals surface area contributed by atoms with Gasteiger partial charge in [-0.1, -0.05) is 42.5 Å². The van der Waals surface area contributed by atoms with Crippen LogP contribution in [0.2, 0.25) is 0 Å². The maximum Gasteiger partial charge on any atom is 0.335 e. The van der Waals surface area contributed by atoms with E-state index < -0.39 is 0 Å². The first kappa shape index (κ1) is 14.6. The van der Waals surface area contributed by atoms with Crippen molar-refractivity contribution in [2.24, 2.45) is 12.0 Å². The first-order valence-corrected chi connectivity index (χ1v) is 8.17. The van der Waals surface area contributed by atoms with Crippen LogP contribution in [0.25, 0.3) is 27.7 Å². The van der Waals surface area contributed by atoms with Gasteiger partial charge in [0.2, 0.25) is 0 Å². The highest BCUT2D eigenvalue weighted by molar-refractivity contribution is 6.02. The van der Waals surface area contributed by atoms with Crippen LogP contribution in [-0.2, 0) is 7.05 Å². The molecule has 5 rings (SSSR count). The van der Waals surface area contributed by atoms with E-state index >= 15 is 0 Å². The normalized spacial score (nSPS) is 12.0. The number of hydrogen-bond acceptors (Lipinski definition) is 4. The molecular formula is C19H14N6O. The van der Waals surface area contributed by atoms with Crippen LogP contribution in [-0.4, -0.2) is 30.4 Å². The molecule has 0 amide bonds. The zero-order valence-electron chi connectivity index (χ0n) is 13.9. The average Bonchev–Trinajstić information content (AvgIpc) is 3.27. The van der Waals surface area contributed by atoms with Gasteiger partial charge in [0.25, 0.3) is 0 Å². The minimum absolute atomic E-state index is 0.189. The Morgan fingerprint density at radius 3 is 2.65 bits per heavy atom. The Bertz CT molecular complexity index is 1360. The Labute approximate surface area is 147 Å². The molecule has 0 atom stereocenters. The van der Waals surface area contributed by atoms with Crippen LogP contribution in [0.4, 0.5) is 5.82 Å². The smallest absolute Gasteiger partial charge is 0.279 e. The van der Waals surface area contributed by atoms with E-state index in [0.717, 1.165) is 22.0 Å². The van der Waals surface area contributed by atoms with Gasteiger partial charge < -0.3 is 0 Å². The van der Waals surface area contributed by atoms with Gasteiger partial charge in [0.15, 0.2) is 17.1 Å². The molecule has 0 saturated carbocycles. The molecule has 126 valence electrons. The topological polar surface area (TPSA) is 80.3 Å². The first-order chi connectivity index (χ1) is 12.7. The number of H-pyrrole nitrogens is 1. The van der Waals surface area contributed by atoms with Crippen molar-refractivity contribution in [2.75, 3.05) is 0 Å². The van der Waals surface area contributed by atoms with Gasteiger partial charge in [-0.15, -0.1) is 0 Å². The number of aromatic amines is 1. The quantitative estimate of drug-likeness (QED) is 0.501. The maximum absolute atomic E-state index is 12.8. The van der Waals surface area contributed by atoms with Crippen molar-refractivity contribution in [3.63, 3.8) is 0 Å². The standard InChI is InChI=1S/C19H14N6O/c1-24-18-15(16(22-23-18)20-11-12-7-3-2-4-8-12)17-21-13-9-5-6-10-14(13)25(17)19(24)26/h2-11H,1H3,(H,22,23)/b20-11+. The number of benzene rings is 2. The lowest BCUT2D eigenvalue weighted by molar-refractivity contribution is 0.820. The van der Waals surface area contributed by atoms with Crippen molar-refractivity contribution in [3.05, 3.63) is 70.6 Å². The molecule has 26 heavy (non-hydrogen) atoms. The van der Waals surface area contributed by atoms with Crippen molar-refractivity contribution < 1.29 is 0 Å². The number of aryl methyl sites for hydroxylation is 1.